The summed E-state index contributed by atoms with van der Waals surface area (Å²) in [6.07, 6.45) is 1.85. The summed E-state index contributed by atoms with van der Waals surface area (Å²) in [5.74, 6) is 1.43. The largest absolute Gasteiger partial charge is 0.493 e. The molecule has 1 fully saturated rings. The number of hydrogen-bond donors (Lipinski definition) is 0. The van der Waals surface area contributed by atoms with E-state index in [1.807, 2.05) is 24.4 Å². The van der Waals surface area contributed by atoms with Crippen molar-refractivity contribution >= 4 is 11.9 Å². The number of para-hydroxylation sites is 1. The Morgan fingerprint density at radius 3 is 2.28 bits per heavy atom. The molecular weight excluding hydrogens is 314 g/mol. The first-order valence-corrected chi connectivity index (χ1v) is 8.53. The molecule has 0 bridgehead atoms. The second-order valence-electron chi connectivity index (χ2n) is 6.10. The van der Waals surface area contributed by atoms with Gasteiger partial charge >= 0.3 is 0 Å². The van der Waals surface area contributed by atoms with Crippen molar-refractivity contribution in [3.8, 4) is 11.5 Å². The first-order valence-electron chi connectivity index (χ1n) is 8.53. The van der Waals surface area contributed by atoms with Crippen LogP contribution in [0.1, 0.15) is 11.1 Å². The lowest BCUT2D eigenvalue weighted by atomic mass is 10.2. The summed E-state index contributed by atoms with van der Waals surface area (Å²) < 4.78 is 10.8. The van der Waals surface area contributed by atoms with Gasteiger partial charge in [-0.2, -0.15) is 5.10 Å². The number of ether oxygens (including phenoxy) is 2. The Kier molecular flexibility index (Phi) is 5.43. The quantitative estimate of drug-likeness (QED) is 0.784. The Morgan fingerprint density at radius 2 is 1.64 bits per heavy atom. The summed E-state index contributed by atoms with van der Waals surface area (Å²) in [6, 6.07) is 14.5. The van der Waals surface area contributed by atoms with Crippen LogP contribution in [0, 0.1) is 6.92 Å². The van der Waals surface area contributed by atoms with Crippen molar-refractivity contribution in [3.05, 3.63) is 53.6 Å². The summed E-state index contributed by atoms with van der Waals surface area (Å²) >= 11 is 0. The molecule has 5 heteroatoms. The molecule has 132 valence electrons. The zero-order valence-electron chi connectivity index (χ0n) is 15.1. The van der Waals surface area contributed by atoms with E-state index in [2.05, 4.69) is 46.2 Å². The average molecular weight is 339 g/mol. The van der Waals surface area contributed by atoms with Gasteiger partial charge in [0.25, 0.3) is 0 Å². The van der Waals surface area contributed by atoms with Gasteiger partial charge in [0, 0.05) is 24.3 Å². The van der Waals surface area contributed by atoms with Crippen LogP contribution in [-0.4, -0.2) is 51.6 Å². The second kappa shape index (κ2) is 7.92. The summed E-state index contributed by atoms with van der Waals surface area (Å²) in [6.45, 7) is 5.85. The number of piperazine rings is 1. The summed E-state index contributed by atoms with van der Waals surface area (Å²) in [5, 5.41) is 6.73. The average Bonchev–Trinajstić information content (AvgIpc) is 2.67. The van der Waals surface area contributed by atoms with Gasteiger partial charge in [0.1, 0.15) is 0 Å². The van der Waals surface area contributed by atoms with Crippen molar-refractivity contribution in [1.29, 1.82) is 0 Å². The van der Waals surface area contributed by atoms with Crippen molar-refractivity contribution in [2.45, 2.75) is 6.92 Å². The van der Waals surface area contributed by atoms with E-state index in [1.54, 1.807) is 14.2 Å². The Labute approximate surface area is 149 Å². The predicted octanol–water partition coefficient (Wildman–Crippen LogP) is 3.17. The van der Waals surface area contributed by atoms with Crippen molar-refractivity contribution < 1.29 is 9.47 Å². The number of rotatable bonds is 5. The number of hydrogen-bond acceptors (Lipinski definition) is 5. The van der Waals surface area contributed by atoms with E-state index in [-0.39, 0.29) is 0 Å². The van der Waals surface area contributed by atoms with Crippen molar-refractivity contribution in [1.82, 2.24) is 5.01 Å². The highest BCUT2D eigenvalue weighted by Crippen LogP contribution is 2.29. The minimum atomic E-state index is 0.715. The van der Waals surface area contributed by atoms with E-state index in [4.69, 9.17) is 9.47 Å². The number of methoxy groups -OCH3 is 2. The Hall–Kier alpha value is -2.69. The molecule has 0 amide bonds. The lowest BCUT2D eigenvalue weighted by Gasteiger charge is -2.34. The molecule has 0 spiro atoms. The minimum absolute atomic E-state index is 0.715. The zero-order valence-corrected chi connectivity index (χ0v) is 15.1. The summed E-state index contributed by atoms with van der Waals surface area (Å²) in [4.78, 5) is 2.40. The van der Waals surface area contributed by atoms with Crippen LogP contribution in [0.5, 0.6) is 11.5 Å². The molecule has 0 aromatic heterocycles. The number of benzene rings is 2. The lowest BCUT2D eigenvalue weighted by Crippen LogP contribution is -2.44. The molecule has 25 heavy (non-hydrogen) atoms. The fourth-order valence-electron chi connectivity index (χ4n) is 2.98. The predicted molar refractivity (Wildman–Crippen MR) is 102 cm³/mol. The van der Waals surface area contributed by atoms with Gasteiger partial charge in [0.2, 0.25) is 0 Å². The fourth-order valence-corrected chi connectivity index (χ4v) is 2.98. The van der Waals surface area contributed by atoms with Crippen LogP contribution in [-0.2, 0) is 0 Å². The van der Waals surface area contributed by atoms with Crippen molar-refractivity contribution in [2.75, 3.05) is 45.3 Å². The zero-order chi connectivity index (χ0) is 17.6. The van der Waals surface area contributed by atoms with Crippen LogP contribution in [0.3, 0.4) is 0 Å². The van der Waals surface area contributed by atoms with Crippen LogP contribution >= 0.6 is 0 Å². The molecule has 2 aromatic carbocycles. The minimum Gasteiger partial charge on any atom is -0.493 e. The number of hydrazone groups is 1. The molecule has 1 aliphatic rings. The van der Waals surface area contributed by atoms with E-state index >= 15 is 0 Å². The van der Waals surface area contributed by atoms with Gasteiger partial charge in [-0.25, -0.2) is 0 Å². The second-order valence-corrected chi connectivity index (χ2v) is 6.10. The van der Waals surface area contributed by atoms with Crippen LogP contribution in [0.25, 0.3) is 0 Å². The highest BCUT2D eigenvalue weighted by atomic mass is 16.5. The third-order valence-electron chi connectivity index (χ3n) is 4.45. The fraction of sp³-hybridized carbons (Fsp3) is 0.350. The smallest absolute Gasteiger partial charge is 0.169 e. The first-order chi connectivity index (χ1) is 12.2. The van der Waals surface area contributed by atoms with E-state index < -0.39 is 0 Å². The van der Waals surface area contributed by atoms with Gasteiger partial charge in [-0.1, -0.05) is 23.8 Å². The molecule has 1 aliphatic heterocycles. The van der Waals surface area contributed by atoms with Gasteiger partial charge in [-0.15, -0.1) is 0 Å². The molecule has 0 radical (unpaired) electrons. The highest BCUT2D eigenvalue weighted by molar-refractivity contribution is 5.84. The maximum atomic E-state index is 5.45. The Bertz CT molecular complexity index is 720. The molecule has 2 aromatic rings. The molecule has 1 heterocycles. The molecule has 0 N–H and O–H groups in total. The molecule has 0 saturated carbocycles. The van der Waals surface area contributed by atoms with Gasteiger partial charge < -0.3 is 14.4 Å². The number of nitrogens with zero attached hydrogens (tertiary/aromatic N) is 3. The summed E-state index contributed by atoms with van der Waals surface area (Å²) in [5.41, 5.74) is 3.49. The number of anilines is 1. The first kappa shape index (κ1) is 17.1. The van der Waals surface area contributed by atoms with Crippen LogP contribution < -0.4 is 14.4 Å². The third kappa shape index (κ3) is 4.05. The topological polar surface area (TPSA) is 37.3 Å². The molecular formula is C20H25N3O2. The van der Waals surface area contributed by atoms with E-state index in [0.29, 0.717) is 5.75 Å². The monoisotopic (exact) mass is 339 g/mol. The van der Waals surface area contributed by atoms with Crippen LogP contribution in [0.2, 0.25) is 0 Å². The molecule has 1 saturated heterocycles. The maximum Gasteiger partial charge on any atom is 0.169 e. The van der Waals surface area contributed by atoms with Gasteiger partial charge in [0.05, 0.1) is 33.5 Å². The molecule has 3 rings (SSSR count). The SMILES string of the molecule is COc1cccc(/C=N/N2CCN(c3ccc(C)cc3)CC2)c1OC. The lowest BCUT2D eigenvalue weighted by molar-refractivity contribution is 0.272. The maximum absolute atomic E-state index is 5.45. The highest BCUT2D eigenvalue weighted by Gasteiger charge is 2.16. The Balaban J connectivity index is 1.62. The van der Waals surface area contributed by atoms with Crippen LogP contribution in [0.15, 0.2) is 47.6 Å². The molecule has 0 aliphatic carbocycles. The normalized spacial score (nSPS) is 14.8. The standard InChI is InChI=1S/C20H25N3O2/c1-16-7-9-18(10-8-16)22-11-13-23(14-12-22)21-15-17-5-4-6-19(24-2)20(17)25-3/h4-10,15H,11-14H2,1-3H3/b21-15+. The van der Waals surface area contributed by atoms with E-state index in [1.165, 1.54) is 11.3 Å². The van der Waals surface area contributed by atoms with E-state index in [0.717, 1.165) is 37.5 Å². The van der Waals surface area contributed by atoms with Gasteiger partial charge in [-0.3, -0.25) is 5.01 Å². The van der Waals surface area contributed by atoms with Crippen molar-refractivity contribution in [2.24, 2.45) is 5.10 Å². The molecule has 0 unspecified atom stereocenters. The van der Waals surface area contributed by atoms with Gasteiger partial charge in [-0.05, 0) is 31.2 Å². The van der Waals surface area contributed by atoms with Crippen molar-refractivity contribution in [3.63, 3.8) is 0 Å². The molecule has 0 atom stereocenters. The number of aryl methyl sites for hydroxylation is 1. The van der Waals surface area contributed by atoms with Crippen LogP contribution in [0.4, 0.5) is 5.69 Å². The third-order valence-corrected chi connectivity index (χ3v) is 4.45. The molecule has 5 nitrogen and oxygen atoms in total. The summed E-state index contributed by atoms with van der Waals surface area (Å²) in [7, 11) is 3.29. The van der Waals surface area contributed by atoms with E-state index in [9.17, 15) is 0 Å². The van der Waals surface area contributed by atoms with Gasteiger partial charge in [0.15, 0.2) is 11.5 Å². The Morgan fingerprint density at radius 1 is 0.920 bits per heavy atom.